The van der Waals surface area contributed by atoms with Crippen molar-refractivity contribution in [1.82, 2.24) is 0 Å². The van der Waals surface area contributed by atoms with Crippen molar-refractivity contribution in [1.29, 1.82) is 0 Å². The zero-order chi connectivity index (χ0) is 11.5. The Labute approximate surface area is 138 Å². The van der Waals surface area contributed by atoms with E-state index in [0.717, 1.165) is 0 Å². The third-order valence-electron chi connectivity index (χ3n) is 3.10. The van der Waals surface area contributed by atoms with Crippen LogP contribution in [0.25, 0.3) is 5.57 Å². The Balaban J connectivity index is 0.000000902. The quantitative estimate of drug-likeness (QED) is 0.596. The summed E-state index contributed by atoms with van der Waals surface area (Å²) in [5, 5.41) is 0. The van der Waals surface area contributed by atoms with Gasteiger partial charge in [0.2, 0.25) is 0 Å². The number of rotatable bonds is 3. The maximum absolute atomic E-state index is 2.33. The summed E-state index contributed by atoms with van der Waals surface area (Å²) in [6, 6.07) is 10.8. The van der Waals surface area contributed by atoms with Gasteiger partial charge < -0.3 is 24.8 Å². The Morgan fingerprint density at radius 3 is 2.37 bits per heavy atom. The zero-order valence-electron chi connectivity index (χ0n) is 10.4. The molecule has 96 valence electrons. The van der Waals surface area contributed by atoms with Crippen LogP contribution < -0.4 is 24.8 Å². The minimum Gasteiger partial charge on any atom is -1.00 e. The molecule has 0 saturated heterocycles. The van der Waals surface area contributed by atoms with E-state index < -0.39 is 23.2 Å². The first-order valence-electron chi connectivity index (χ1n) is 6.01. The molecule has 1 aromatic rings. The van der Waals surface area contributed by atoms with E-state index in [9.17, 15) is 0 Å². The number of hydrogen-bond acceptors (Lipinski definition) is 0. The van der Waals surface area contributed by atoms with Gasteiger partial charge in [-0.25, -0.2) is 0 Å². The Kier molecular flexibility index (Phi) is 7.07. The molecule has 0 saturated carbocycles. The molecule has 0 radical (unpaired) electrons. The van der Waals surface area contributed by atoms with Gasteiger partial charge >= 0.3 is 114 Å². The third-order valence-corrected chi connectivity index (χ3v) is 6.71. The van der Waals surface area contributed by atoms with Crippen LogP contribution in [0.3, 0.4) is 0 Å². The van der Waals surface area contributed by atoms with E-state index in [2.05, 4.69) is 60.7 Å². The van der Waals surface area contributed by atoms with Gasteiger partial charge in [-0.2, -0.15) is 0 Å². The Bertz CT molecular complexity index is 539. The van der Waals surface area contributed by atoms with Crippen LogP contribution in [-0.2, 0) is 23.2 Å². The Morgan fingerprint density at radius 1 is 0.895 bits per heavy atom. The summed E-state index contributed by atoms with van der Waals surface area (Å²) >= 11 is -0.512. The van der Waals surface area contributed by atoms with Crippen molar-refractivity contribution < 1.29 is 48.0 Å². The minimum atomic E-state index is -0.512. The SMILES string of the molecule is C1=CC[C]([Zr+2][C]2=C(c3ccccc3)C=CC2)=C1.[Cl-].[Cl-]. The molecule has 0 bridgehead atoms. The smallest absolute Gasteiger partial charge is 1.00 e. The van der Waals surface area contributed by atoms with Gasteiger partial charge in [0, 0.05) is 0 Å². The van der Waals surface area contributed by atoms with Gasteiger partial charge in [-0.1, -0.05) is 0 Å². The van der Waals surface area contributed by atoms with E-state index in [1.54, 1.807) is 6.56 Å². The molecule has 0 aromatic heterocycles. The van der Waals surface area contributed by atoms with Crippen LogP contribution in [0.1, 0.15) is 18.4 Å². The number of benzene rings is 1. The molecule has 19 heavy (non-hydrogen) atoms. The number of halogens is 2. The van der Waals surface area contributed by atoms with Gasteiger partial charge in [-0.05, 0) is 0 Å². The van der Waals surface area contributed by atoms with Crippen LogP contribution >= 0.6 is 0 Å². The van der Waals surface area contributed by atoms with Crippen molar-refractivity contribution in [3.05, 3.63) is 72.8 Å². The summed E-state index contributed by atoms with van der Waals surface area (Å²) in [5.74, 6) is 0. The van der Waals surface area contributed by atoms with Crippen molar-refractivity contribution in [3.8, 4) is 0 Å². The average Bonchev–Trinajstić information content (AvgIpc) is 3.02. The molecule has 0 heterocycles. The molecule has 0 fully saturated rings. The van der Waals surface area contributed by atoms with Crippen LogP contribution in [-0.4, -0.2) is 0 Å². The summed E-state index contributed by atoms with van der Waals surface area (Å²) < 4.78 is 3.44. The first kappa shape index (κ1) is 16.7. The molecule has 0 nitrogen and oxygen atoms in total. The van der Waals surface area contributed by atoms with Gasteiger partial charge in [0.05, 0.1) is 0 Å². The van der Waals surface area contributed by atoms with Crippen LogP contribution in [0.15, 0.2) is 67.3 Å². The van der Waals surface area contributed by atoms with Gasteiger partial charge in [0.1, 0.15) is 0 Å². The molecule has 0 atom stereocenters. The molecule has 0 spiro atoms. The normalized spacial score (nSPS) is 15.7. The fraction of sp³-hybridized carbons (Fsp3) is 0.125. The predicted molar refractivity (Wildman–Crippen MR) is 69.0 cm³/mol. The second-order valence-corrected chi connectivity index (χ2v) is 7.99. The molecule has 3 heteroatoms. The standard InChI is InChI=1S/C11H9.C5H5.2ClH.Zr/c1-2-6-10(7-3-1)11-8-4-5-9-11;1-2-4-5-3-1;;;/h1-4,6-8H,5H2;1-3H,4H2;2*1H;/q;;;;+2/p-2. The van der Waals surface area contributed by atoms with Crippen LogP contribution in [0.5, 0.6) is 0 Å². The fourth-order valence-corrected chi connectivity index (χ4v) is 5.61. The fourth-order valence-electron chi connectivity index (χ4n) is 2.25. The third kappa shape index (κ3) is 4.05. The topological polar surface area (TPSA) is 0 Å². The Morgan fingerprint density at radius 2 is 1.68 bits per heavy atom. The van der Waals surface area contributed by atoms with Gasteiger partial charge in [0.15, 0.2) is 0 Å². The predicted octanol–water partition coefficient (Wildman–Crippen LogP) is -1.71. The largest absolute Gasteiger partial charge is 1.00 e. The van der Waals surface area contributed by atoms with Crippen molar-refractivity contribution in [2.75, 3.05) is 0 Å². The number of hydrogen-bond donors (Lipinski definition) is 0. The average molecular weight is 368 g/mol. The van der Waals surface area contributed by atoms with E-state index >= 15 is 0 Å². The van der Waals surface area contributed by atoms with E-state index in [4.69, 9.17) is 0 Å². The van der Waals surface area contributed by atoms with Gasteiger partial charge in [0.25, 0.3) is 0 Å². The van der Waals surface area contributed by atoms with Crippen molar-refractivity contribution >= 4 is 5.57 Å². The first-order chi connectivity index (χ1) is 8.43. The van der Waals surface area contributed by atoms with Crippen molar-refractivity contribution in [3.63, 3.8) is 0 Å². The zero-order valence-corrected chi connectivity index (χ0v) is 14.4. The molecular formula is C16H14Cl2Zr. The maximum atomic E-state index is 2.33. The summed E-state index contributed by atoms with van der Waals surface area (Å²) in [6.07, 6.45) is 13.9. The van der Waals surface area contributed by atoms with E-state index in [-0.39, 0.29) is 24.8 Å². The summed E-state index contributed by atoms with van der Waals surface area (Å²) in [6.45, 7) is 0. The Hall–Kier alpha value is -0.357. The van der Waals surface area contributed by atoms with Crippen LogP contribution in [0, 0.1) is 0 Å². The summed E-state index contributed by atoms with van der Waals surface area (Å²) in [7, 11) is 0. The molecule has 3 rings (SSSR count). The van der Waals surface area contributed by atoms with Crippen molar-refractivity contribution in [2.24, 2.45) is 0 Å². The van der Waals surface area contributed by atoms with E-state index in [0.29, 0.717) is 0 Å². The van der Waals surface area contributed by atoms with Gasteiger partial charge in [-0.3, -0.25) is 0 Å². The van der Waals surface area contributed by atoms with Gasteiger partial charge in [-0.15, -0.1) is 0 Å². The minimum absolute atomic E-state index is 0. The molecule has 2 aliphatic rings. The molecule has 0 N–H and O–H groups in total. The van der Waals surface area contributed by atoms with E-state index in [1.165, 1.54) is 24.0 Å². The summed E-state index contributed by atoms with van der Waals surface area (Å²) in [5.41, 5.74) is 2.90. The molecule has 0 amide bonds. The molecule has 2 aliphatic carbocycles. The van der Waals surface area contributed by atoms with Crippen LogP contribution in [0.4, 0.5) is 0 Å². The summed E-state index contributed by atoms with van der Waals surface area (Å²) in [4.78, 5) is 0. The molecule has 0 unspecified atom stereocenters. The monoisotopic (exact) mass is 366 g/mol. The second kappa shape index (κ2) is 8.05. The van der Waals surface area contributed by atoms with Crippen molar-refractivity contribution in [2.45, 2.75) is 12.8 Å². The van der Waals surface area contributed by atoms with Crippen LogP contribution in [0.2, 0.25) is 0 Å². The first-order valence-corrected chi connectivity index (χ1v) is 8.47. The molecule has 1 aromatic carbocycles. The molecule has 0 aliphatic heterocycles. The number of allylic oxidation sites excluding steroid dienone is 8. The molecular weight excluding hydrogens is 354 g/mol. The van der Waals surface area contributed by atoms with E-state index in [1.807, 2.05) is 0 Å². The second-order valence-electron chi connectivity index (χ2n) is 4.31. The maximum Gasteiger partial charge on any atom is -1.00 e.